The van der Waals surface area contributed by atoms with E-state index in [2.05, 4.69) is 5.10 Å². The summed E-state index contributed by atoms with van der Waals surface area (Å²) in [6, 6.07) is 16.5. The van der Waals surface area contributed by atoms with E-state index >= 15 is 0 Å². The molecule has 1 heterocycles. The molecule has 0 bridgehead atoms. The van der Waals surface area contributed by atoms with Crippen LogP contribution in [0.4, 0.5) is 0 Å². The number of ketones is 1. The lowest BCUT2D eigenvalue weighted by Gasteiger charge is -2.04. The van der Waals surface area contributed by atoms with Gasteiger partial charge in [-0.25, -0.2) is 4.68 Å². The normalized spacial score (nSPS) is 11.1. The number of aromatic nitrogens is 2. The Labute approximate surface area is 140 Å². The summed E-state index contributed by atoms with van der Waals surface area (Å²) in [6.45, 7) is 3.73. The Morgan fingerprint density at radius 3 is 2.54 bits per heavy atom. The number of carbonyl (C=O) groups excluding carboxylic acids is 1. The molecule has 0 unspecified atom stereocenters. The number of para-hydroxylation sites is 1. The molecule has 0 spiro atoms. The smallest absolute Gasteiger partial charge is 0.189 e. The van der Waals surface area contributed by atoms with E-state index in [1.165, 1.54) is 6.08 Å². The Kier molecular flexibility index (Phi) is 4.29. The molecule has 1 aromatic heterocycles. The van der Waals surface area contributed by atoms with Crippen LogP contribution in [0.3, 0.4) is 0 Å². The molecule has 2 aromatic carbocycles. The predicted octanol–water partition coefficient (Wildman–Crippen LogP) is 4.09. The Balaban J connectivity index is 1.92. The molecular weight excluding hydrogens is 300 g/mol. The lowest BCUT2D eigenvalue weighted by atomic mass is 10.1. The largest absolute Gasteiger partial charge is 0.508 e. The van der Waals surface area contributed by atoms with E-state index in [-0.39, 0.29) is 11.5 Å². The van der Waals surface area contributed by atoms with Crippen LogP contribution in [0, 0.1) is 13.8 Å². The Morgan fingerprint density at radius 1 is 1.08 bits per heavy atom. The summed E-state index contributed by atoms with van der Waals surface area (Å²) < 4.78 is 1.78. The van der Waals surface area contributed by atoms with Gasteiger partial charge in [-0.15, -0.1) is 0 Å². The van der Waals surface area contributed by atoms with E-state index in [9.17, 15) is 9.90 Å². The molecule has 0 aliphatic heterocycles. The van der Waals surface area contributed by atoms with Crippen molar-refractivity contribution in [2.75, 3.05) is 0 Å². The van der Waals surface area contributed by atoms with Crippen molar-refractivity contribution in [3.8, 4) is 11.4 Å². The van der Waals surface area contributed by atoms with Crippen molar-refractivity contribution in [3.63, 3.8) is 0 Å². The van der Waals surface area contributed by atoms with Crippen LogP contribution < -0.4 is 0 Å². The molecule has 0 saturated carbocycles. The monoisotopic (exact) mass is 318 g/mol. The fraction of sp³-hybridized carbons (Fsp3) is 0.100. The number of phenolic OH excluding ortho intramolecular Hbond substituents is 1. The molecule has 0 radical (unpaired) electrons. The first-order chi connectivity index (χ1) is 11.6. The Hall–Kier alpha value is -3.14. The highest BCUT2D eigenvalue weighted by molar-refractivity contribution is 6.08. The van der Waals surface area contributed by atoms with Crippen molar-refractivity contribution in [1.29, 1.82) is 0 Å². The van der Waals surface area contributed by atoms with E-state index < -0.39 is 0 Å². The average molecular weight is 318 g/mol. The number of benzene rings is 2. The van der Waals surface area contributed by atoms with Crippen molar-refractivity contribution >= 4 is 11.9 Å². The summed E-state index contributed by atoms with van der Waals surface area (Å²) >= 11 is 0. The van der Waals surface area contributed by atoms with Gasteiger partial charge in [0.25, 0.3) is 0 Å². The van der Waals surface area contributed by atoms with Crippen molar-refractivity contribution < 1.29 is 9.90 Å². The minimum Gasteiger partial charge on any atom is -0.508 e. The number of hydrogen-bond donors (Lipinski definition) is 1. The van der Waals surface area contributed by atoms with E-state index in [0.717, 1.165) is 16.9 Å². The zero-order valence-corrected chi connectivity index (χ0v) is 13.6. The molecule has 3 rings (SSSR count). The van der Waals surface area contributed by atoms with Crippen LogP contribution in [-0.4, -0.2) is 20.7 Å². The third kappa shape index (κ3) is 3.13. The van der Waals surface area contributed by atoms with Gasteiger partial charge in [0.2, 0.25) is 0 Å². The number of rotatable bonds is 4. The van der Waals surface area contributed by atoms with Crippen molar-refractivity contribution in [3.05, 3.63) is 83.2 Å². The van der Waals surface area contributed by atoms with Gasteiger partial charge in [-0.1, -0.05) is 36.4 Å². The third-order valence-corrected chi connectivity index (χ3v) is 3.84. The van der Waals surface area contributed by atoms with E-state index in [0.29, 0.717) is 11.3 Å². The number of nitrogens with zero attached hydrogens (tertiary/aromatic N) is 2. The molecule has 4 heteroatoms. The average Bonchev–Trinajstić information content (AvgIpc) is 2.88. The Bertz CT molecular complexity index is 909. The predicted molar refractivity (Wildman–Crippen MR) is 94.5 cm³/mol. The summed E-state index contributed by atoms with van der Waals surface area (Å²) in [4.78, 5) is 12.6. The van der Waals surface area contributed by atoms with Gasteiger partial charge >= 0.3 is 0 Å². The van der Waals surface area contributed by atoms with Gasteiger partial charge in [-0.05, 0) is 49.8 Å². The number of aromatic hydroxyl groups is 1. The van der Waals surface area contributed by atoms with Gasteiger partial charge in [-0.3, -0.25) is 4.79 Å². The summed E-state index contributed by atoms with van der Waals surface area (Å²) in [7, 11) is 0. The van der Waals surface area contributed by atoms with E-state index in [1.54, 1.807) is 29.0 Å². The second kappa shape index (κ2) is 6.54. The first-order valence-corrected chi connectivity index (χ1v) is 7.69. The molecule has 0 aliphatic rings. The lowest BCUT2D eigenvalue weighted by molar-refractivity contribution is 0.104. The molecule has 0 fully saturated rings. The van der Waals surface area contributed by atoms with Crippen LogP contribution in [0.15, 0.2) is 60.7 Å². The van der Waals surface area contributed by atoms with Crippen LogP contribution in [-0.2, 0) is 0 Å². The zero-order valence-electron chi connectivity index (χ0n) is 13.6. The number of phenols is 1. The van der Waals surface area contributed by atoms with Crippen LogP contribution in [0.1, 0.15) is 27.3 Å². The molecule has 3 aromatic rings. The molecule has 0 saturated heterocycles. The number of carbonyl (C=O) groups is 1. The van der Waals surface area contributed by atoms with Crippen LogP contribution in [0.2, 0.25) is 0 Å². The maximum absolute atomic E-state index is 12.6. The fourth-order valence-electron chi connectivity index (χ4n) is 2.70. The lowest BCUT2D eigenvalue weighted by Crippen LogP contribution is -2.01. The standard InChI is InChI=1S/C20H18N2O2/c1-14-20(15(2)22(21-14)17-8-4-3-5-9-17)19(24)12-11-16-7-6-10-18(23)13-16/h3-13,23H,1-2H3/b12-11-. The summed E-state index contributed by atoms with van der Waals surface area (Å²) in [5.41, 5.74) is 3.81. The van der Waals surface area contributed by atoms with Gasteiger partial charge in [0, 0.05) is 0 Å². The molecular formula is C20H18N2O2. The second-order valence-electron chi connectivity index (χ2n) is 5.59. The van der Waals surface area contributed by atoms with Crippen molar-refractivity contribution in [2.45, 2.75) is 13.8 Å². The maximum Gasteiger partial charge on any atom is 0.189 e. The first-order valence-electron chi connectivity index (χ1n) is 7.69. The fourth-order valence-corrected chi connectivity index (χ4v) is 2.70. The third-order valence-electron chi connectivity index (χ3n) is 3.84. The molecule has 24 heavy (non-hydrogen) atoms. The van der Waals surface area contributed by atoms with Gasteiger partial charge in [-0.2, -0.15) is 5.10 Å². The van der Waals surface area contributed by atoms with Crippen LogP contribution in [0.5, 0.6) is 5.75 Å². The number of aryl methyl sites for hydroxylation is 1. The van der Waals surface area contributed by atoms with Gasteiger partial charge in [0.05, 0.1) is 22.6 Å². The molecule has 0 amide bonds. The SMILES string of the molecule is Cc1nn(-c2ccccc2)c(C)c1C(=O)/C=C\c1cccc(O)c1. The van der Waals surface area contributed by atoms with Crippen LogP contribution >= 0.6 is 0 Å². The highest BCUT2D eigenvalue weighted by atomic mass is 16.3. The van der Waals surface area contributed by atoms with Crippen molar-refractivity contribution in [2.24, 2.45) is 0 Å². The first kappa shape index (κ1) is 15.7. The van der Waals surface area contributed by atoms with E-state index in [4.69, 9.17) is 0 Å². The highest BCUT2D eigenvalue weighted by Gasteiger charge is 2.17. The van der Waals surface area contributed by atoms with Gasteiger partial charge in [0.1, 0.15) is 5.75 Å². The molecule has 0 aliphatic carbocycles. The molecule has 1 N–H and O–H groups in total. The van der Waals surface area contributed by atoms with Crippen molar-refractivity contribution in [1.82, 2.24) is 9.78 Å². The van der Waals surface area contributed by atoms with Gasteiger partial charge in [0.15, 0.2) is 5.78 Å². The highest BCUT2D eigenvalue weighted by Crippen LogP contribution is 2.19. The zero-order chi connectivity index (χ0) is 17.1. The number of allylic oxidation sites excluding steroid dienone is 1. The molecule has 120 valence electrons. The number of hydrogen-bond acceptors (Lipinski definition) is 3. The van der Waals surface area contributed by atoms with Gasteiger partial charge < -0.3 is 5.11 Å². The minimum absolute atomic E-state index is 0.101. The van der Waals surface area contributed by atoms with E-state index in [1.807, 2.05) is 50.2 Å². The molecule has 4 nitrogen and oxygen atoms in total. The summed E-state index contributed by atoms with van der Waals surface area (Å²) in [6.07, 6.45) is 3.21. The summed E-state index contributed by atoms with van der Waals surface area (Å²) in [5, 5.41) is 14.0. The Morgan fingerprint density at radius 2 is 1.83 bits per heavy atom. The second-order valence-corrected chi connectivity index (χ2v) is 5.59. The minimum atomic E-state index is -0.101. The molecule has 0 atom stereocenters. The quantitative estimate of drug-likeness (QED) is 0.582. The summed E-state index contributed by atoms with van der Waals surface area (Å²) in [5.74, 6) is 0.0735. The topological polar surface area (TPSA) is 55.1 Å². The van der Waals surface area contributed by atoms with Crippen LogP contribution in [0.25, 0.3) is 11.8 Å². The maximum atomic E-state index is 12.6.